The molecule has 0 saturated carbocycles. The molecule has 0 aromatic carbocycles. The summed E-state index contributed by atoms with van der Waals surface area (Å²) >= 11 is 5.73. The summed E-state index contributed by atoms with van der Waals surface area (Å²) in [5.74, 6) is 1.30. The Hall–Kier alpha value is -0.870. The molecule has 18 heavy (non-hydrogen) atoms. The van der Waals surface area contributed by atoms with Crippen LogP contribution in [0.15, 0.2) is 12.4 Å². The summed E-state index contributed by atoms with van der Waals surface area (Å²) in [5.41, 5.74) is 0.971. The van der Waals surface area contributed by atoms with Gasteiger partial charge < -0.3 is 4.90 Å². The molecule has 1 aromatic heterocycles. The Morgan fingerprint density at radius 2 is 1.83 bits per heavy atom. The van der Waals surface area contributed by atoms with Gasteiger partial charge in [0.15, 0.2) is 0 Å². The van der Waals surface area contributed by atoms with Crippen molar-refractivity contribution in [3.8, 4) is 0 Å². The van der Waals surface area contributed by atoms with Crippen molar-refractivity contribution >= 4 is 17.5 Å². The normalized spacial score (nSPS) is 18.9. The van der Waals surface area contributed by atoms with Crippen molar-refractivity contribution < 1.29 is 0 Å². The molecule has 0 aliphatic carbocycles. The van der Waals surface area contributed by atoms with Gasteiger partial charge in [-0.15, -0.1) is 11.6 Å². The van der Waals surface area contributed by atoms with E-state index in [0.717, 1.165) is 37.7 Å². The SMILES string of the molecule is CCC(C)N1CCN(c2ncc(CCl)cn2)CC1. The average molecular weight is 269 g/mol. The van der Waals surface area contributed by atoms with Crippen LogP contribution in [0.2, 0.25) is 0 Å². The summed E-state index contributed by atoms with van der Waals surface area (Å²) in [6, 6.07) is 0.673. The first kappa shape index (κ1) is 13.6. The predicted octanol–water partition coefficient (Wildman–Crippen LogP) is 2.14. The number of hydrogen-bond donors (Lipinski definition) is 0. The summed E-state index contributed by atoms with van der Waals surface area (Å²) in [7, 11) is 0. The van der Waals surface area contributed by atoms with Gasteiger partial charge in [-0.1, -0.05) is 6.92 Å². The highest BCUT2D eigenvalue weighted by Gasteiger charge is 2.21. The molecule has 1 aliphatic rings. The number of anilines is 1. The summed E-state index contributed by atoms with van der Waals surface area (Å²) in [6.07, 6.45) is 4.84. The zero-order valence-corrected chi connectivity index (χ0v) is 11.9. The fraction of sp³-hybridized carbons (Fsp3) is 0.692. The molecule has 100 valence electrons. The van der Waals surface area contributed by atoms with Crippen molar-refractivity contribution in [3.05, 3.63) is 18.0 Å². The lowest BCUT2D eigenvalue weighted by molar-refractivity contribution is 0.192. The number of piperazine rings is 1. The fourth-order valence-electron chi connectivity index (χ4n) is 2.20. The van der Waals surface area contributed by atoms with Gasteiger partial charge in [0.25, 0.3) is 0 Å². The molecule has 1 saturated heterocycles. The highest BCUT2D eigenvalue weighted by Crippen LogP contribution is 2.14. The van der Waals surface area contributed by atoms with E-state index < -0.39 is 0 Å². The third-order valence-corrected chi connectivity index (χ3v) is 3.97. The van der Waals surface area contributed by atoms with Gasteiger partial charge in [0.2, 0.25) is 5.95 Å². The van der Waals surface area contributed by atoms with Crippen LogP contribution in [-0.4, -0.2) is 47.1 Å². The van der Waals surface area contributed by atoms with Gasteiger partial charge in [0.1, 0.15) is 0 Å². The van der Waals surface area contributed by atoms with Gasteiger partial charge in [-0.2, -0.15) is 0 Å². The maximum Gasteiger partial charge on any atom is 0.225 e. The monoisotopic (exact) mass is 268 g/mol. The Balaban J connectivity index is 1.92. The standard InChI is InChI=1S/C13H21ClN4/c1-3-11(2)17-4-6-18(7-5-17)13-15-9-12(8-14)10-16-13/h9-11H,3-8H2,1-2H3. The van der Waals surface area contributed by atoms with Crippen molar-refractivity contribution in [1.82, 2.24) is 14.9 Å². The van der Waals surface area contributed by atoms with Crippen LogP contribution in [-0.2, 0) is 5.88 Å². The first-order valence-electron chi connectivity index (χ1n) is 6.60. The predicted molar refractivity (Wildman–Crippen MR) is 75.1 cm³/mol. The van der Waals surface area contributed by atoms with E-state index in [0.29, 0.717) is 11.9 Å². The number of halogens is 1. The van der Waals surface area contributed by atoms with Crippen LogP contribution in [0.5, 0.6) is 0 Å². The summed E-state index contributed by atoms with van der Waals surface area (Å²) in [6.45, 7) is 8.73. The Labute approximate surface area is 114 Å². The Kier molecular flexibility index (Phi) is 4.78. The molecule has 4 nitrogen and oxygen atoms in total. The van der Waals surface area contributed by atoms with Crippen LogP contribution < -0.4 is 4.90 Å². The van der Waals surface area contributed by atoms with E-state index in [1.54, 1.807) is 0 Å². The maximum absolute atomic E-state index is 5.73. The molecule has 1 aliphatic heterocycles. The summed E-state index contributed by atoms with van der Waals surface area (Å²) < 4.78 is 0. The third kappa shape index (κ3) is 3.12. The summed E-state index contributed by atoms with van der Waals surface area (Å²) in [5, 5.41) is 0. The molecule has 0 amide bonds. The van der Waals surface area contributed by atoms with E-state index in [1.165, 1.54) is 6.42 Å². The van der Waals surface area contributed by atoms with Crippen molar-refractivity contribution in [2.24, 2.45) is 0 Å². The Morgan fingerprint density at radius 3 is 2.33 bits per heavy atom. The molecule has 2 rings (SSSR count). The molecular formula is C13H21ClN4. The molecule has 0 bridgehead atoms. The minimum atomic E-state index is 0.474. The van der Waals surface area contributed by atoms with Gasteiger partial charge in [-0.05, 0) is 13.3 Å². The largest absolute Gasteiger partial charge is 0.338 e. The number of alkyl halides is 1. The van der Waals surface area contributed by atoms with Gasteiger partial charge >= 0.3 is 0 Å². The van der Waals surface area contributed by atoms with Crippen molar-refractivity contribution in [1.29, 1.82) is 0 Å². The minimum absolute atomic E-state index is 0.474. The number of aromatic nitrogens is 2. The quantitative estimate of drug-likeness (QED) is 0.783. The molecular weight excluding hydrogens is 248 g/mol. The lowest BCUT2D eigenvalue weighted by Crippen LogP contribution is -2.49. The molecule has 1 aromatic rings. The van der Waals surface area contributed by atoms with Crippen LogP contribution in [0, 0.1) is 0 Å². The lowest BCUT2D eigenvalue weighted by atomic mass is 10.2. The highest BCUT2D eigenvalue weighted by molar-refractivity contribution is 6.17. The number of nitrogens with zero attached hydrogens (tertiary/aromatic N) is 4. The number of rotatable bonds is 4. The fourth-order valence-corrected chi connectivity index (χ4v) is 2.34. The van der Waals surface area contributed by atoms with Gasteiger partial charge in [0, 0.05) is 50.2 Å². The topological polar surface area (TPSA) is 32.3 Å². The Bertz CT molecular complexity index is 360. The zero-order valence-electron chi connectivity index (χ0n) is 11.1. The van der Waals surface area contributed by atoms with E-state index in [2.05, 4.69) is 33.6 Å². The van der Waals surface area contributed by atoms with Crippen LogP contribution in [0.25, 0.3) is 0 Å². The number of hydrogen-bond acceptors (Lipinski definition) is 4. The molecule has 0 N–H and O–H groups in total. The zero-order chi connectivity index (χ0) is 13.0. The summed E-state index contributed by atoms with van der Waals surface area (Å²) in [4.78, 5) is 13.5. The van der Waals surface area contributed by atoms with Gasteiger partial charge in [0.05, 0.1) is 5.88 Å². The smallest absolute Gasteiger partial charge is 0.225 e. The first-order valence-corrected chi connectivity index (χ1v) is 7.14. The van der Waals surface area contributed by atoms with E-state index in [4.69, 9.17) is 11.6 Å². The van der Waals surface area contributed by atoms with Crippen LogP contribution in [0.1, 0.15) is 25.8 Å². The van der Waals surface area contributed by atoms with E-state index in [-0.39, 0.29) is 0 Å². The van der Waals surface area contributed by atoms with Crippen molar-refractivity contribution in [2.75, 3.05) is 31.1 Å². The molecule has 1 unspecified atom stereocenters. The highest BCUT2D eigenvalue weighted by atomic mass is 35.5. The van der Waals surface area contributed by atoms with Gasteiger partial charge in [-0.3, -0.25) is 4.90 Å². The Morgan fingerprint density at radius 1 is 1.22 bits per heavy atom. The van der Waals surface area contributed by atoms with E-state index in [1.807, 2.05) is 12.4 Å². The second-order valence-corrected chi connectivity index (χ2v) is 5.07. The van der Waals surface area contributed by atoms with Crippen LogP contribution in [0.3, 0.4) is 0 Å². The molecule has 1 atom stereocenters. The van der Waals surface area contributed by atoms with E-state index in [9.17, 15) is 0 Å². The van der Waals surface area contributed by atoms with Crippen LogP contribution >= 0.6 is 11.6 Å². The minimum Gasteiger partial charge on any atom is -0.338 e. The maximum atomic E-state index is 5.73. The molecule has 2 heterocycles. The molecule has 5 heteroatoms. The van der Waals surface area contributed by atoms with E-state index >= 15 is 0 Å². The van der Waals surface area contributed by atoms with Crippen molar-refractivity contribution in [3.63, 3.8) is 0 Å². The second-order valence-electron chi connectivity index (χ2n) is 4.81. The first-order chi connectivity index (χ1) is 8.74. The molecule has 0 radical (unpaired) electrons. The van der Waals surface area contributed by atoms with Crippen LogP contribution in [0.4, 0.5) is 5.95 Å². The lowest BCUT2D eigenvalue weighted by Gasteiger charge is -2.37. The second kappa shape index (κ2) is 6.34. The molecule has 0 spiro atoms. The molecule has 1 fully saturated rings. The third-order valence-electron chi connectivity index (χ3n) is 3.66. The van der Waals surface area contributed by atoms with Crippen molar-refractivity contribution in [2.45, 2.75) is 32.2 Å². The average Bonchev–Trinajstić information content (AvgIpc) is 2.47. The van der Waals surface area contributed by atoms with Gasteiger partial charge in [-0.25, -0.2) is 9.97 Å².